The number of nitrogens with zero attached hydrogens (tertiary/aromatic N) is 1. The molecule has 0 unspecified atom stereocenters. The van der Waals surface area contributed by atoms with E-state index in [0.29, 0.717) is 22.7 Å². The van der Waals surface area contributed by atoms with Gasteiger partial charge in [0.2, 0.25) is 5.91 Å². The topological polar surface area (TPSA) is 49.4 Å². The summed E-state index contributed by atoms with van der Waals surface area (Å²) >= 11 is 1.50. The lowest BCUT2D eigenvalue weighted by Crippen LogP contribution is -2.27. The molecule has 2 amide bonds. The number of amides is 2. The van der Waals surface area contributed by atoms with Crippen molar-refractivity contribution in [3.05, 3.63) is 95.3 Å². The van der Waals surface area contributed by atoms with Crippen LogP contribution in [0.2, 0.25) is 0 Å². The average Bonchev–Trinajstić information content (AvgIpc) is 3.10. The van der Waals surface area contributed by atoms with Crippen LogP contribution in [0.25, 0.3) is 0 Å². The number of nitrogens with one attached hydrogen (secondary N) is 1. The molecule has 1 atom stereocenters. The van der Waals surface area contributed by atoms with Gasteiger partial charge in [0.15, 0.2) is 0 Å². The maximum Gasteiger partial charge on any atom is 0.255 e. The number of halogens is 1. The van der Waals surface area contributed by atoms with Crippen molar-refractivity contribution in [2.75, 3.05) is 16.0 Å². The number of anilines is 2. The molecule has 1 aliphatic heterocycles. The van der Waals surface area contributed by atoms with Crippen molar-refractivity contribution in [1.82, 2.24) is 0 Å². The first-order chi connectivity index (χ1) is 14.0. The predicted octanol–water partition coefficient (Wildman–Crippen LogP) is 5.17. The third kappa shape index (κ3) is 4.17. The van der Waals surface area contributed by atoms with E-state index in [-0.39, 0.29) is 23.0 Å². The van der Waals surface area contributed by atoms with Gasteiger partial charge in [-0.25, -0.2) is 4.39 Å². The molecule has 4 rings (SSSR count). The Hall–Kier alpha value is -3.12. The minimum Gasteiger partial charge on any atom is -0.322 e. The Labute approximate surface area is 172 Å². The molecule has 0 radical (unpaired) electrons. The highest BCUT2D eigenvalue weighted by Crippen LogP contribution is 2.42. The minimum absolute atomic E-state index is 0.0534. The molecule has 0 bridgehead atoms. The van der Waals surface area contributed by atoms with E-state index in [4.69, 9.17) is 0 Å². The smallest absolute Gasteiger partial charge is 0.255 e. The molecule has 1 heterocycles. The highest BCUT2D eigenvalue weighted by atomic mass is 32.2. The fraction of sp³-hybridized carbons (Fsp3) is 0.130. The Bertz CT molecular complexity index is 1050. The van der Waals surface area contributed by atoms with Crippen molar-refractivity contribution in [1.29, 1.82) is 0 Å². The fourth-order valence-electron chi connectivity index (χ4n) is 3.22. The number of aryl methyl sites for hydroxylation is 1. The van der Waals surface area contributed by atoms with E-state index in [9.17, 15) is 14.0 Å². The third-order valence-corrected chi connectivity index (χ3v) is 5.93. The second kappa shape index (κ2) is 8.09. The van der Waals surface area contributed by atoms with Crippen LogP contribution in [0.3, 0.4) is 0 Å². The number of thioether (sulfide) groups is 1. The van der Waals surface area contributed by atoms with Crippen molar-refractivity contribution in [3.63, 3.8) is 0 Å². The Morgan fingerprint density at radius 3 is 2.48 bits per heavy atom. The van der Waals surface area contributed by atoms with Gasteiger partial charge in [-0.3, -0.25) is 14.5 Å². The van der Waals surface area contributed by atoms with Gasteiger partial charge in [-0.1, -0.05) is 35.9 Å². The highest BCUT2D eigenvalue weighted by Gasteiger charge is 2.34. The number of carbonyl (C=O) groups is 2. The molecule has 6 heteroatoms. The van der Waals surface area contributed by atoms with Gasteiger partial charge in [-0.15, -0.1) is 11.8 Å². The van der Waals surface area contributed by atoms with Gasteiger partial charge in [-0.05, 0) is 55.0 Å². The zero-order chi connectivity index (χ0) is 20.4. The van der Waals surface area contributed by atoms with Crippen molar-refractivity contribution in [2.45, 2.75) is 12.3 Å². The first-order valence-electron chi connectivity index (χ1n) is 9.18. The molecule has 3 aromatic carbocycles. The van der Waals surface area contributed by atoms with Gasteiger partial charge >= 0.3 is 0 Å². The van der Waals surface area contributed by atoms with E-state index in [1.165, 1.54) is 23.9 Å². The van der Waals surface area contributed by atoms with Crippen molar-refractivity contribution in [2.24, 2.45) is 0 Å². The molecule has 0 saturated carbocycles. The lowest BCUT2D eigenvalue weighted by atomic mass is 10.1. The number of benzene rings is 3. The number of hydrogen-bond acceptors (Lipinski definition) is 3. The Morgan fingerprint density at radius 2 is 1.79 bits per heavy atom. The third-order valence-electron chi connectivity index (χ3n) is 4.72. The molecule has 1 N–H and O–H groups in total. The number of carbonyl (C=O) groups excluding carboxylic acids is 2. The summed E-state index contributed by atoms with van der Waals surface area (Å²) < 4.78 is 13.6. The van der Waals surface area contributed by atoms with Gasteiger partial charge in [0.25, 0.3) is 5.91 Å². The molecule has 1 fully saturated rings. The van der Waals surface area contributed by atoms with Crippen LogP contribution >= 0.6 is 11.8 Å². The van der Waals surface area contributed by atoms with Crippen molar-refractivity contribution in [3.8, 4) is 0 Å². The van der Waals surface area contributed by atoms with Crippen molar-refractivity contribution < 1.29 is 14.0 Å². The predicted molar refractivity (Wildman–Crippen MR) is 115 cm³/mol. The number of hydrogen-bond donors (Lipinski definition) is 1. The second-order valence-electron chi connectivity index (χ2n) is 6.85. The molecule has 0 aromatic heterocycles. The SMILES string of the molecule is Cc1ccc(C(=O)Nc2ccc([C@@H]3SCC(=O)N3c3cccc(F)c3)cc2)cc1. The summed E-state index contributed by atoms with van der Waals surface area (Å²) in [6, 6.07) is 20.8. The summed E-state index contributed by atoms with van der Waals surface area (Å²) in [5, 5.41) is 2.65. The molecular formula is C23H19FN2O2S. The van der Waals surface area contributed by atoms with E-state index in [0.717, 1.165) is 11.1 Å². The molecule has 29 heavy (non-hydrogen) atoms. The lowest BCUT2D eigenvalue weighted by molar-refractivity contribution is -0.115. The zero-order valence-electron chi connectivity index (χ0n) is 15.8. The van der Waals surface area contributed by atoms with Gasteiger partial charge in [0, 0.05) is 16.9 Å². The maximum atomic E-state index is 13.6. The number of rotatable bonds is 4. The Kier molecular flexibility index (Phi) is 5.36. The normalized spacial score (nSPS) is 16.1. The Morgan fingerprint density at radius 1 is 1.07 bits per heavy atom. The van der Waals surface area contributed by atoms with E-state index in [2.05, 4.69) is 5.32 Å². The molecule has 1 saturated heterocycles. The summed E-state index contributed by atoms with van der Waals surface area (Å²) in [5.74, 6) is -0.264. The van der Waals surface area contributed by atoms with Crippen LogP contribution in [0, 0.1) is 12.7 Å². The quantitative estimate of drug-likeness (QED) is 0.651. The summed E-state index contributed by atoms with van der Waals surface area (Å²) in [5.41, 5.74) is 3.82. The Balaban J connectivity index is 1.51. The van der Waals surface area contributed by atoms with E-state index >= 15 is 0 Å². The standard InChI is InChI=1S/C23H19FN2O2S/c1-15-5-7-16(8-6-15)22(28)25-19-11-9-17(10-12-19)23-26(21(27)14-29-23)20-4-2-3-18(24)13-20/h2-13,23H,14H2,1H3,(H,25,28)/t23-/m0/s1. The summed E-state index contributed by atoms with van der Waals surface area (Å²) in [4.78, 5) is 26.4. The van der Waals surface area contributed by atoms with Gasteiger partial charge < -0.3 is 5.32 Å². The van der Waals surface area contributed by atoms with Crippen molar-refractivity contribution >= 4 is 35.0 Å². The van der Waals surface area contributed by atoms with Crippen LogP contribution in [-0.4, -0.2) is 17.6 Å². The van der Waals surface area contributed by atoms with E-state index < -0.39 is 0 Å². The monoisotopic (exact) mass is 406 g/mol. The molecule has 1 aliphatic rings. The second-order valence-corrected chi connectivity index (χ2v) is 7.92. The van der Waals surface area contributed by atoms with Crippen LogP contribution in [0.15, 0.2) is 72.8 Å². The summed E-state index contributed by atoms with van der Waals surface area (Å²) in [6.45, 7) is 1.97. The van der Waals surface area contributed by atoms with Gasteiger partial charge in [0.05, 0.1) is 5.75 Å². The summed E-state index contributed by atoms with van der Waals surface area (Å²) in [6.07, 6.45) is 0. The average molecular weight is 406 g/mol. The maximum absolute atomic E-state index is 13.6. The van der Waals surface area contributed by atoms with Crippen LogP contribution in [0.1, 0.15) is 26.9 Å². The van der Waals surface area contributed by atoms with E-state index in [1.807, 2.05) is 43.3 Å². The first-order valence-corrected chi connectivity index (χ1v) is 10.2. The van der Waals surface area contributed by atoms with Crippen LogP contribution in [0.5, 0.6) is 0 Å². The lowest BCUT2D eigenvalue weighted by Gasteiger charge is -2.24. The zero-order valence-corrected chi connectivity index (χ0v) is 16.6. The van der Waals surface area contributed by atoms with Crippen LogP contribution in [-0.2, 0) is 4.79 Å². The van der Waals surface area contributed by atoms with Gasteiger partial charge in [-0.2, -0.15) is 0 Å². The van der Waals surface area contributed by atoms with Crippen LogP contribution in [0.4, 0.5) is 15.8 Å². The highest BCUT2D eigenvalue weighted by molar-refractivity contribution is 8.00. The molecular weight excluding hydrogens is 387 g/mol. The molecule has 146 valence electrons. The molecule has 4 nitrogen and oxygen atoms in total. The van der Waals surface area contributed by atoms with Gasteiger partial charge in [0.1, 0.15) is 11.2 Å². The largest absolute Gasteiger partial charge is 0.322 e. The molecule has 3 aromatic rings. The fourth-order valence-corrected chi connectivity index (χ4v) is 4.39. The first kappa shape index (κ1) is 19.2. The van der Waals surface area contributed by atoms with E-state index in [1.54, 1.807) is 29.2 Å². The molecule has 0 aliphatic carbocycles. The summed E-state index contributed by atoms with van der Waals surface area (Å²) in [7, 11) is 0. The molecule has 0 spiro atoms. The minimum atomic E-state index is -0.375. The van der Waals surface area contributed by atoms with Crippen LogP contribution < -0.4 is 10.2 Å².